The Hall–Kier alpha value is -0.180. The van der Waals surface area contributed by atoms with Gasteiger partial charge in [-0.3, -0.25) is 0 Å². The van der Waals surface area contributed by atoms with E-state index in [-0.39, 0.29) is 6.61 Å². The van der Waals surface area contributed by atoms with E-state index in [0.29, 0.717) is 5.02 Å². The first kappa shape index (κ1) is 8.91. The Balaban J connectivity index is 3.06. The van der Waals surface area contributed by atoms with E-state index in [4.69, 9.17) is 16.7 Å². The summed E-state index contributed by atoms with van der Waals surface area (Å²) in [4.78, 5) is 1.04. The summed E-state index contributed by atoms with van der Waals surface area (Å²) in [6.07, 6.45) is 1.96. The molecule has 0 amide bonds. The molecule has 0 fully saturated rings. The zero-order valence-corrected chi connectivity index (χ0v) is 7.75. The quantitative estimate of drug-likeness (QED) is 0.720. The van der Waals surface area contributed by atoms with Crippen LogP contribution in [0.25, 0.3) is 0 Å². The molecule has 11 heavy (non-hydrogen) atoms. The van der Waals surface area contributed by atoms with Gasteiger partial charge in [0, 0.05) is 9.92 Å². The normalized spacial score (nSPS) is 10.1. The second-order valence-corrected chi connectivity index (χ2v) is 3.40. The number of thioether (sulfide) groups is 1. The van der Waals surface area contributed by atoms with Crippen LogP contribution < -0.4 is 0 Å². The van der Waals surface area contributed by atoms with E-state index >= 15 is 0 Å². The minimum Gasteiger partial charge on any atom is -0.392 e. The predicted octanol–water partition coefficient (Wildman–Crippen LogP) is 2.55. The lowest BCUT2D eigenvalue weighted by atomic mass is 10.2. The highest BCUT2D eigenvalue weighted by molar-refractivity contribution is 7.98. The molecule has 0 atom stereocenters. The minimum absolute atomic E-state index is 0.0767. The van der Waals surface area contributed by atoms with Crippen LogP contribution in [0, 0.1) is 0 Å². The summed E-state index contributed by atoms with van der Waals surface area (Å²) in [6, 6.07) is 5.48. The first-order valence-electron chi connectivity index (χ1n) is 3.21. The van der Waals surface area contributed by atoms with Crippen molar-refractivity contribution in [2.24, 2.45) is 0 Å². The van der Waals surface area contributed by atoms with E-state index in [2.05, 4.69) is 0 Å². The molecule has 1 nitrogen and oxygen atoms in total. The van der Waals surface area contributed by atoms with Crippen molar-refractivity contribution in [1.29, 1.82) is 0 Å². The van der Waals surface area contributed by atoms with Crippen LogP contribution in [0.2, 0.25) is 5.02 Å². The van der Waals surface area contributed by atoms with Crippen molar-refractivity contribution in [3.63, 3.8) is 0 Å². The lowest BCUT2D eigenvalue weighted by molar-refractivity contribution is 0.279. The second-order valence-electron chi connectivity index (χ2n) is 2.11. The summed E-state index contributed by atoms with van der Waals surface area (Å²) >= 11 is 7.35. The van der Waals surface area contributed by atoms with Gasteiger partial charge in [0.2, 0.25) is 0 Å². The summed E-state index contributed by atoms with van der Waals surface area (Å²) in [7, 11) is 0. The second kappa shape index (κ2) is 4.00. The summed E-state index contributed by atoms with van der Waals surface area (Å²) in [6.45, 7) is 0.0767. The average molecular weight is 189 g/mol. The van der Waals surface area contributed by atoms with Gasteiger partial charge in [-0.2, -0.15) is 0 Å². The van der Waals surface area contributed by atoms with Crippen LogP contribution in [0.5, 0.6) is 0 Å². The van der Waals surface area contributed by atoms with Crippen LogP contribution in [0.1, 0.15) is 5.56 Å². The SMILES string of the molecule is CSc1cc(Cl)ccc1CO. The molecule has 1 rings (SSSR count). The maximum atomic E-state index is 8.88. The molecule has 0 bridgehead atoms. The maximum Gasteiger partial charge on any atom is 0.0692 e. The van der Waals surface area contributed by atoms with Crippen molar-refractivity contribution >= 4 is 23.4 Å². The zero-order valence-electron chi connectivity index (χ0n) is 6.17. The van der Waals surface area contributed by atoms with E-state index in [1.165, 1.54) is 0 Å². The highest BCUT2D eigenvalue weighted by Crippen LogP contribution is 2.23. The molecule has 0 spiro atoms. The van der Waals surface area contributed by atoms with E-state index in [1.54, 1.807) is 17.8 Å². The largest absolute Gasteiger partial charge is 0.392 e. The molecule has 60 valence electrons. The highest BCUT2D eigenvalue weighted by atomic mass is 35.5. The molecule has 0 aliphatic heterocycles. The minimum atomic E-state index is 0.0767. The number of rotatable bonds is 2. The van der Waals surface area contributed by atoms with E-state index < -0.39 is 0 Å². The fraction of sp³-hybridized carbons (Fsp3) is 0.250. The van der Waals surface area contributed by atoms with Gasteiger partial charge >= 0.3 is 0 Å². The maximum absolute atomic E-state index is 8.88. The Labute approximate surface area is 75.4 Å². The van der Waals surface area contributed by atoms with Gasteiger partial charge in [-0.15, -0.1) is 11.8 Å². The topological polar surface area (TPSA) is 20.2 Å². The molecule has 0 saturated carbocycles. The lowest BCUT2D eigenvalue weighted by Crippen LogP contribution is -1.85. The van der Waals surface area contributed by atoms with E-state index in [1.807, 2.05) is 18.4 Å². The van der Waals surface area contributed by atoms with Crippen molar-refractivity contribution in [3.05, 3.63) is 28.8 Å². The number of hydrogen-bond acceptors (Lipinski definition) is 2. The van der Waals surface area contributed by atoms with Gasteiger partial charge in [-0.05, 0) is 24.0 Å². The first-order chi connectivity index (χ1) is 5.27. The van der Waals surface area contributed by atoms with Gasteiger partial charge < -0.3 is 5.11 Å². The fourth-order valence-corrected chi connectivity index (χ4v) is 1.73. The summed E-state index contributed by atoms with van der Waals surface area (Å²) in [5.74, 6) is 0. The Morgan fingerprint density at radius 1 is 1.55 bits per heavy atom. The molecule has 0 saturated heterocycles. The van der Waals surface area contributed by atoms with Crippen LogP contribution in [0.15, 0.2) is 23.1 Å². The van der Waals surface area contributed by atoms with Crippen molar-refractivity contribution < 1.29 is 5.11 Å². The van der Waals surface area contributed by atoms with Gasteiger partial charge in [0.15, 0.2) is 0 Å². The molecular formula is C8H9ClOS. The highest BCUT2D eigenvalue weighted by Gasteiger charge is 1.99. The first-order valence-corrected chi connectivity index (χ1v) is 4.81. The molecule has 0 heterocycles. The van der Waals surface area contributed by atoms with Crippen molar-refractivity contribution in [1.82, 2.24) is 0 Å². The Morgan fingerprint density at radius 2 is 2.27 bits per heavy atom. The number of aliphatic hydroxyl groups is 1. The lowest BCUT2D eigenvalue weighted by Gasteiger charge is -2.03. The van der Waals surface area contributed by atoms with Gasteiger partial charge in [0.1, 0.15) is 0 Å². The van der Waals surface area contributed by atoms with Crippen LogP contribution >= 0.6 is 23.4 Å². The monoisotopic (exact) mass is 188 g/mol. The smallest absolute Gasteiger partial charge is 0.0692 e. The number of hydrogen-bond donors (Lipinski definition) is 1. The molecule has 1 aromatic rings. The van der Waals surface area contributed by atoms with Gasteiger partial charge in [0.25, 0.3) is 0 Å². The van der Waals surface area contributed by atoms with Gasteiger partial charge in [0.05, 0.1) is 6.61 Å². The molecule has 0 unspecified atom stereocenters. The number of halogens is 1. The van der Waals surface area contributed by atoms with Crippen molar-refractivity contribution in [2.45, 2.75) is 11.5 Å². The van der Waals surface area contributed by atoms with Crippen LogP contribution in [0.3, 0.4) is 0 Å². The standard InChI is InChI=1S/C8H9ClOS/c1-11-8-4-7(9)3-2-6(8)5-10/h2-4,10H,5H2,1H3. The third-order valence-electron chi connectivity index (χ3n) is 1.42. The molecule has 1 N–H and O–H groups in total. The van der Waals surface area contributed by atoms with Crippen molar-refractivity contribution in [3.8, 4) is 0 Å². The summed E-state index contributed by atoms with van der Waals surface area (Å²) in [5.41, 5.74) is 0.932. The van der Waals surface area contributed by atoms with Crippen LogP contribution in [-0.4, -0.2) is 11.4 Å². The Kier molecular flexibility index (Phi) is 3.24. The van der Waals surface area contributed by atoms with E-state index in [0.717, 1.165) is 10.5 Å². The third kappa shape index (κ3) is 2.12. The van der Waals surface area contributed by atoms with Crippen LogP contribution in [-0.2, 0) is 6.61 Å². The molecule has 1 aromatic carbocycles. The molecule has 0 aromatic heterocycles. The average Bonchev–Trinajstić information content (AvgIpc) is 2.04. The fourth-order valence-electron chi connectivity index (χ4n) is 0.849. The Bertz CT molecular complexity index is 250. The number of aliphatic hydroxyl groups excluding tert-OH is 1. The molecule has 3 heteroatoms. The van der Waals surface area contributed by atoms with Crippen LogP contribution in [0.4, 0.5) is 0 Å². The predicted molar refractivity (Wildman–Crippen MR) is 49.2 cm³/mol. The molecule has 0 radical (unpaired) electrons. The van der Waals surface area contributed by atoms with E-state index in [9.17, 15) is 0 Å². The van der Waals surface area contributed by atoms with Gasteiger partial charge in [-0.25, -0.2) is 0 Å². The molecule has 0 aliphatic carbocycles. The molecular weight excluding hydrogens is 180 g/mol. The third-order valence-corrected chi connectivity index (χ3v) is 2.47. The van der Waals surface area contributed by atoms with Crippen molar-refractivity contribution in [2.75, 3.05) is 6.26 Å². The van der Waals surface area contributed by atoms with Gasteiger partial charge in [-0.1, -0.05) is 17.7 Å². The molecule has 0 aliphatic rings. The summed E-state index contributed by atoms with van der Waals surface area (Å²) in [5, 5.41) is 9.60. The Morgan fingerprint density at radius 3 is 2.82 bits per heavy atom. The summed E-state index contributed by atoms with van der Waals surface area (Å²) < 4.78 is 0. The number of benzene rings is 1. The zero-order chi connectivity index (χ0) is 8.27.